The van der Waals surface area contributed by atoms with Crippen LogP contribution in [0.2, 0.25) is 0 Å². The zero-order chi connectivity index (χ0) is 19.6. The van der Waals surface area contributed by atoms with Gasteiger partial charge in [-0.3, -0.25) is 5.43 Å². The van der Waals surface area contributed by atoms with E-state index < -0.39 is 5.97 Å². The van der Waals surface area contributed by atoms with Crippen LogP contribution in [-0.2, 0) is 4.79 Å². The summed E-state index contributed by atoms with van der Waals surface area (Å²) in [5.41, 5.74) is 4.22. The summed E-state index contributed by atoms with van der Waals surface area (Å²) >= 11 is 5.19. The van der Waals surface area contributed by atoms with Gasteiger partial charge in [0.2, 0.25) is 0 Å². The van der Waals surface area contributed by atoms with Crippen molar-refractivity contribution in [3.05, 3.63) is 48.0 Å². The second-order valence-corrected chi connectivity index (χ2v) is 5.55. The Balaban J connectivity index is 1.87. The summed E-state index contributed by atoms with van der Waals surface area (Å²) in [6.45, 7) is -0.384. The molecule has 27 heavy (non-hydrogen) atoms. The van der Waals surface area contributed by atoms with E-state index in [0.29, 0.717) is 22.4 Å². The van der Waals surface area contributed by atoms with E-state index in [-0.39, 0.29) is 6.61 Å². The normalized spacial score (nSPS) is 10.3. The molecule has 0 aliphatic rings. The summed E-state index contributed by atoms with van der Waals surface area (Å²) in [6.07, 6.45) is 1.57. The van der Waals surface area contributed by atoms with Crippen molar-refractivity contribution < 1.29 is 24.1 Å². The van der Waals surface area contributed by atoms with Crippen LogP contribution in [0.5, 0.6) is 17.2 Å². The highest BCUT2D eigenvalue weighted by Crippen LogP contribution is 2.29. The summed E-state index contributed by atoms with van der Waals surface area (Å²) in [7, 11) is 3.12. The number of methoxy groups -OCH3 is 2. The van der Waals surface area contributed by atoms with Crippen LogP contribution in [0.1, 0.15) is 5.56 Å². The molecule has 0 radical (unpaired) electrons. The summed E-state index contributed by atoms with van der Waals surface area (Å²) in [5, 5.41) is 15.9. The Bertz CT molecular complexity index is 824. The van der Waals surface area contributed by atoms with Gasteiger partial charge in [-0.05, 0) is 54.2 Å². The van der Waals surface area contributed by atoms with Crippen LogP contribution in [0.15, 0.2) is 47.6 Å². The second kappa shape index (κ2) is 9.97. The maximum atomic E-state index is 10.5. The number of nitrogens with zero attached hydrogens (tertiary/aromatic N) is 1. The van der Waals surface area contributed by atoms with E-state index in [1.807, 2.05) is 0 Å². The van der Waals surface area contributed by atoms with Crippen LogP contribution in [-0.4, -0.2) is 43.2 Å². The van der Waals surface area contributed by atoms with Gasteiger partial charge >= 0.3 is 5.97 Å². The molecule has 0 atom stereocenters. The van der Waals surface area contributed by atoms with Gasteiger partial charge in [0, 0.05) is 11.8 Å². The third-order valence-corrected chi connectivity index (χ3v) is 3.46. The number of carbonyl (C=O) groups is 1. The van der Waals surface area contributed by atoms with Gasteiger partial charge in [0.25, 0.3) is 0 Å². The van der Waals surface area contributed by atoms with Crippen molar-refractivity contribution in [2.24, 2.45) is 5.10 Å². The van der Waals surface area contributed by atoms with E-state index in [2.05, 4.69) is 15.8 Å². The van der Waals surface area contributed by atoms with Gasteiger partial charge in [0.05, 0.1) is 20.4 Å². The Morgan fingerprint density at radius 1 is 1.15 bits per heavy atom. The molecule has 0 spiro atoms. The van der Waals surface area contributed by atoms with Crippen LogP contribution in [0.25, 0.3) is 0 Å². The minimum Gasteiger partial charge on any atom is -0.493 e. The predicted molar refractivity (Wildman–Crippen MR) is 106 cm³/mol. The molecule has 0 amide bonds. The lowest BCUT2D eigenvalue weighted by atomic mass is 10.2. The number of hydrazone groups is 1. The van der Waals surface area contributed by atoms with E-state index >= 15 is 0 Å². The Hall–Kier alpha value is -3.33. The van der Waals surface area contributed by atoms with Crippen molar-refractivity contribution in [1.29, 1.82) is 0 Å². The molecule has 2 aromatic rings. The monoisotopic (exact) mass is 389 g/mol. The standard InChI is InChI=1S/C18H19N3O5S/c1-24-15-8-5-13(9-16(15)25-2)20-18(27)21-19-10-12-3-6-14(7-4-12)26-11-17(22)23/h3-10H,11H2,1-2H3,(H,22,23)(H2,20,21,27)/b19-10-. The number of ether oxygens (including phenoxy) is 3. The van der Waals surface area contributed by atoms with Crippen molar-refractivity contribution in [2.75, 3.05) is 26.1 Å². The van der Waals surface area contributed by atoms with Gasteiger partial charge in [0.15, 0.2) is 23.2 Å². The number of anilines is 1. The number of carboxylic acids is 1. The van der Waals surface area contributed by atoms with Crippen LogP contribution in [0, 0.1) is 0 Å². The molecule has 0 bridgehead atoms. The molecule has 0 fully saturated rings. The number of benzene rings is 2. The van der Waals surface area contributed by atoms with E-state index in [9.17, 15) is 4.79 Å². The molecule has 0 heterocycles. The molecule has 0 aliphatic heterocycles. The summed E-state index contributed by atoms with van der Waals surface area (Å²) in [6, 6.07) is 12.1. The van der Waals surface area contributed by atoms with Crippen LogP contribution >= 0.6 is 12.2 Å². The minimum atomic E-state index is -1.03. The SMILES string of the molecule is COc1ccc(NC(=S)N/N=C\c2ccc(OCC(=O)O)cc2)cc1OC. The first kappa shape index (κ1) is 20.0. The summed E-state index contributed by atoms with van der Waals surface area (Å²) < 4.78 is 15.5. The van der Waals surface area contributed by atoms with Crippen molar-refractivity contribution in [2.45, 2.75) is 0 Å². The van der Waals surface area contributed by atoms with Crippen LogP contribution in [0.3, 0.4) is 0 Å². The second-order valence-electron chi connectivity index (χ2n) is 5.15. The molecular weight excluding hydrogens is 370 g/mol. The van der Waals surface area contributed by atoms with Gasteiger partial charge in [-0.1, -0.05) is 0 Å². The van der Waals surface area contributed by atoms with Crippen molar-refractivity contribution in [1.82, 2.24) is 5.43 Å². The maximum Gasteiger partial charge on any atom is 0.341 e. The number of thiocarbonyl (C=S) groups is 1. The van der Waals surface area contributed by atoms with Crippen LogP contribution in [0.4, 0.5) is 5.69 Å². The van der Waals surface area contributed by atoms with E-state index in [4.69, 9.17) is 31.5 Å². The predicted octanol–water partition coefficient (Wildman–Crippen LogP) is 2.49. The molecule has 0 unspecified atom stereocenters. The van der Waals surface area contributed by atoms with E-state index in [1.165, 1.54) is 0 Å². The zero-order valence-corrected chi connectivity index (χ0v) is 15.6. The highest BCUT2D eigenvalue weighted by atomic mass is 32.1. The van der Waals surface area contributed by atoms with Crippen molar-refractivity contribution >= 4 is 35.2 Å². The smallest absolute Gasteiger partial charge is 0.341 e. The Kier molecular flexibility index (Phi) is 7.38. The first-order valence-corrected chi connectivity index (χ1v) is 8.19. The molecule has 9 heteroatoms. The topological polar surface area (TPSA) is 101 Å². The fraction of sp³-hybridized carbons (Fsp3) is 0.167. The average molecular weight is 389 g/mol. The lowest BCUT2D eigenvalue weighted by molar-refractivity contribution is -0.139. The van der Waals surface area contributed by atoms with Gasteiger partial charge < -0.3 is 24.6 Å². The lowest BCUT2D eigenvalue weighted by Crippen LogP contribution is -2.23. The molecular formula is C18H19N3O5S. The van der Waals surface area contributed by atoms with Crippen molar-refractivity contribution in [3.8, 4) is 17.2 Å². The number of rotatable bonds is 8. The molecule has 0 aromatic heterocycles. The number of hydrogen-bond acceptors (Lipinski definition) is 6. The fourth-order valence-corrected chi connectivity index (χ4v) is 2.20. The first-order chi connectivity index (χ1) is 13.0. The van der Waals surface area contributed by atoms with E-state index in [0.717, 1.165) is 11.3 Å². The van der Waals surface area contributed by atoms with E-state index in [1.54, 1.807) is 62.9 Å². The molecule has 0 saturated heterocycles. The van der Waals surface area contributed by atoms with Gasteiger partial charge in [-0.25, -0.2) is 4.79 Å². The first-order valence-electron chi connectivity index (χ1n) is 7.78. The van der Waals surface area contributed by atoms with Crippen LogP contribution < -0.4 is 25.0 Å². The highest BCUT2D eigenvalue weighted by Gasteiger charge is 2.05. The third kappa shape index (κ3) is 6.48. The largest absolute Gasteiger partial charge is 0.493 e. The number of nitrogens with one attached hydrogen (secondary N) is 2. The zero-order valence-electron chi connectivity index (χ0n) is 14.8. The minimum absolute atomic E-state index is 0.305. The average Bonchev–Trinajstić information content (AvgIpc) is 2.67. The highest BCUT2D eigenvalue weighted by molar-refractivity contribution is 7.80. The molecule has 0 saturated carbocycles. The molecule has 0 aliphatic carbocycles. The van der Waals surface area contributed by atoms with Crippen molar-refractivity contribution in [3.63, 3.8) is 0 Å². The fourth-order valence-electron chi connectivity index (χ4n) is 2.03. The number of carboxylic acid groups (broad SMARTS) is 1. The number of aliphatic carboxylic acids is 1. The molecule has 8 nitrogen and oxygen atoms in total. The summed E-state index contributed by atoms with van der Waals surface area (Å²) in [5.74, 6) is 0.642. The summed E-state index contributed by atoms with van der Waals surface area (Å²) in [4.78, 5) is 10.5. The van der Waals surface area contributed by atoms with Gasteiger partial charge in [-0.15, -0.1) is 0 Å². The molecule has 2 aromatic carbocycles. The number of hydrogen-bond donors (Lipinski definition) is 3. The maximum absolute atomic E-state index is 10.5. The molecule has 142 valence electrons. The molecule has 3 N–H and O–H groups in total. The quantitative estimate of drug-likeness (QED) is 0.360. The Morgan fingerprint density at radius 2 is 1.85 bits per heavy atom. The lowest BCUT2D eigenvalue weighted by Gasteiger charge is -2.11. The van der Waals surface area contributed by atoms with Gasteiger partial charge in [0.1, 0.15) is 5.75 Å². The molecule has 2 rings (SSSR count). The van der Waals surface area contributed by atoms with Gasteiger partial charge in [-0.2, -0.15) is 5.10 Å². The third-order valence-electron chi connectivity index (χ3n) is 3.26. The Morgan fingerprint density at radius 3 is 2.48 bits per heavy atom. The Labute approximate surface area is 161 Å².